The Labute approximate surface area is 89.9 Å². The Morgan fingerprint density at radius 3 is 2.29 bits per heavy atom. The largest absolute Gasteiger partial charge is 0.394 e. The summed E-state index contributed by atoms with van der Waals surface area (Å²) in [6.07, 6.45) is 0. The number of hydrogen-bond donors (Lipinski definition) is 2. The number of thiocarbonyl (C=S) groups is 1. The van der Waals surface area contributed by atoms with Crippen molar-refractivity contribution in [3.05, 3.63) is 0 Å². The van der Waals surface area contributed by atoms with Gasteiger partial charge in [0, 0.05) is 7.05 Å². The molecule has 0 aromatic carbocycles. The Balaban J connectivity index is 4.85. The van der Waals surface area contributed by atoms with Gasteiger partial charge in [0.05, 0.1) is 17.1 Å². The number of hydrogen-bond acceptors (Lipinski definition) is 4. The molecule has 0 aromatic heterocycles. The van der Waals surface area contributed by atoms with Gasteiger partial charge in [-0.15, -0.1) is 0 Å². The third-order valence-corrected chi connectivity index (χ3v) is 4.31. The highest BCUT2D eigenvalue weighted by Gasteiger charge is 2.32. The lowest BCUT2D eigenvalue weighted by Gasteiger charge is -2.32. The van der Waals surface area contributed by atoms with Crippen molar-refractivity contribution in [2.24, 2.45) is 5.73 Å². The maximum Gasteiger partial charge on any atom is 0.220 e. The van der Waals surface area contributed by atoms with E-state index in [0.29, 0.717) is 0 Å². The lowest BCUT2D eigenvalue weighted by Crippen LogP contribution is -2.49. The van der Waals surface area contributed by atoms with Gasteiger partial charge in [-0.25, -0.2) is 8.42 Å². The molecule has 0 aliphatic rings. The minimum atomic E-state index is -3.52. The van der Waals surface area contributed by atoms with E-state index in [0.717, 1.165) is 4.31 Å². The average Bonchev–Trinajstić information content (AvgIpc) is 2.00. The molecule has 0 bridgehead atoms. The van der Waals surface area contributed by atoms with Crippen molar-refractivity contribution in [3.8, 4) is 0 Å². The van der Waals surface area contributed by atoms with Gasteiger partial charge < -0.3 is 10.8 Å². The molecule has 0 amide bonds. The maximum absolute atomic E-state index is 11.6. The SMILES string of the molecule is CN(C(C)(C)CO)S(=O)(=O)CC(N)=S. The predicted molar refractivity (Wildman–Crippen MR) is 59.5 cm³/mol. The number of rotatable bonds is 5. The second kappa shape index (κ2) is 4.52. The standard InChI is InChI=1S/C7H16N2O3S2/c1-7(2,5-10)9(3)14(11,12)4-6(8)13/h10H,4-5H2,1-3H3,(H2,8,13). The van der Waals surface area contributed by atoms with Crippen LogP contribution in [0.15, 0.2) is 0 Å². The van der Waals surface area contributed by atoms with Gasteiger partial charge in [-0.3, -0.25) is 0 Å². The van der Waals surface area contributed by atoms with Crippen molar-refractivity contribution in [1.29, 1.82) is 0 Å². The maximum atomic E-state index is 11.6. The van der Waals surface area contributed by atoms with Crippen LogP contribution in [0.25, 0.3) is 0 Å². The van der Waals surface area contributed by atoms with Gasteiger partial charge in [0.25, 0.3) is 0 Å². The number of likely N-dealkylation sites (N-methyl/N-ethyl adjacent to an activating group) is 1. The molecule has 0 spiro atoms. The number of aliphatic hydroxyl groups excluding tert-OH is 1. The number of nitrogens with two attached hydrogens (primary N) is 1. The fraction of sp³-hybridized carbons (Fsp3) is 0.857. The smallest absolute Gasteiger partial charge is 0.220 e. The molecule has 0 saturated heterocycles. The van der Waals surface area contributed by atoms with E-state index in [9.17, 15) is 8.42 Å². The predicted octanol–water partition coefficient (Wildman–Crippen LogP) is -0.695. The molecule has 0 aliphatic carbocycles. The van der Waals surface area contributed by atoms with E-state index >= 15 is 0 Å². The highest BCUT2D eigenvalue weighted by molar-refractivity contribution is 7.92. The molecule has 14 heavy (non-hydrogen) atoms. The van der Waals surface area contributed by atoms with Gasteiger partial charge in [-0.2, -0.15) is 4.31 Å². The monoisotopic (exact) mass is 240 g/mol. The molecular weight excluding hydrogens is 224 g/mol. The van der Waals surface area contributed by atoms with Gasteiger partial charge in [-0.05, 0) is 13.8 Å². The normalized spacial score (nSPS) is 13.2. The lowest BCUT2D eigenvalue weighted by molar-refractivity contribution is 0.138. The van der Waals surface area contributed by atoms with Crippen molar-refractivity contribution in [1.82, 2.24) is 4.31 Å². The molecule has 0 aliphatic heterocycles. The van der Waals surface area contributed by atoms with E-state index in [2.05, 4.69) is 12.2 Å². The van der Waals surface area contributed by atoms with E-state index < -0.39 is 15.6 Å². The first kappa shape index (κ1) is 13.8. The van der Waals surface area contributed by atoms with E-state index in [-0.39, 0.29) is 17.3 Å². The molecule has 84 valence electrons. The molecule has 0 heterocycles. The van der Waals surface area contributed by atoms with Crippen molar-refractivity contribution < 1.29 is 13.5 Å². The zero-order valence-electron chi connectivity index (χ0n) is 8.52. The van der Waals surface area contributed by atoms with Crippen molar-refractivity contribution in [2.75, 3.05) is 19.4 Å². The molecule has 0 saturated carbocycles. The molecule has 0 aromatic rings. The first-order chi connectivity index (χ1) is 6.13. The molecular formula is C7H16N2O3S2. The van der Waals surface area contributed by atoms with Crippen molar-refractivity contribution in [3.63, 3.8) is 0 Å². The van der Waals surface area contributed by atoms with Crippen LogP contribution in [0.3, 0.4) is 0 Å². The van der Waals surface area contributed by atoms with E-state index in [1.54, 1.807) is 13.8 Å². The third kappa shape index (κ3) is 3.49. The molecule has 3 N–H and O–H groups in total. The van der Waals surface area contributed by atoms with Gasteiger partial charge >= 0.3 is 0 Å². The summed E-state index contributed by atoms with van der Waals surface area (Å²) in [5, 5.41) is 8.99. The van der Waals surface area contributed by atoms with E-state index in [1.165, 1.54) is 7.05 Å². The molecule has 5 nitrogen and oxygen atoms in total. The molecule has 0 atom stereocenters. The Kier molecular flexibility index (Phi) is 4.44. The number of sulfonamides is 1. The van der Waals surface area contributed by atoms with Crippen LogP contribution in [-0.2, 0) is 10.0 Å². The highest BCUT2D eigenvalue weighted by atomic mass is 32.2. The summed E-state index contributed by atoms with van der Waals surface area (Å²) < 4.78 is 24.3. The second-order valence-electron chi connectivity index (χ2n) is 3.66. The zero-order chi connectivity index (χ0) is 11.6. The van der Waals surface area contributed by atoms with Crippen LogP contribution in [0.1, 0.15) is 13.8 Å². The van der Waals surface area contributed by atoms with Crippen molar-refractivity contribution in [2.45, 2.75) is 19.4 Å². The lowest BCUT2D eigenvalue weighted by atomic mass is 10.1. The van der Waals surface area contributed by atoms with Crippen LogP contribution in [0.2, 0.25) is 0 Å². The summed E-state index contributed by atoms with van der Waals surface area (Å²) in [4.78, 5) is -0.0782. The fourth-order valence-corrected chi connectivity index (χ4v) is 2.56. The van der Waals surface area contributed by atoms with Crippen LogP contribution in [0.5, 0.6) is 0 Å². The van der Waals surface area contributed by atoms with Crippen molar-refractivity contribution >= 4 is 27.2 Å². The fourth-order valence-electron chi connectivity index (χ4n) is 0.753. The van der Waals surface area contributed by atoms with Gasteiger partial charge in [0.2, 0.25) is 10.0 Å². The first-order valence-electron chi connectivity index (χ1n) is 3.99. The average molecular weight is 240 g/mol. The minimum Gasteiger partial charge on any atom is -0.394 e. The third-order valence-electron chi connectivity index (χ3n) is 1.98. The summed E-state index contributed by atoms with van der Waals surface area (Å²) in [5.41, 5.74) is 4.32. The van der Waals surface area contributed by atoms with E-state index in [4.69, 9.17) is 10.8 Å². The topological polar surface area (TPSA) is 83.6 Å². The summed E-state index contributed by atoms with van der Waals surface area (Å²) in [5.74, 6) is -0.373. The first-order valence-corrected chi connectivity index (χ1v) is 6.01. The van der Waals surface area contributed by atoms with Crippen LogP contribution < -0.4 is 5.73 Å². The quantitative estimate of drug-likeness (QED) is 0.621. The highest BCUT2D eigenvalue weighted by Crippen LogP contribution is 2.15. The van der Waals surface area contributed by atoms with Gasteiger partial charge in [0.1, 0.15) is 5.75 Å². The van der Waals surface area contributed by atoms with Crippen LogP contribution >= 0.6 is 12.2 Å². The van der Waals surface area contributed by atoms with Gasteiger partial charge in [0.15, 0.2) is 0 Å². The summed E-state index contributed by atoms with van der Waals surface area (Å²) in [7, 11) is -2.13. The molecule has 7 heteroatoms. The van der Waals surface area contributed by atoms with Crippen LogP contribution in [0, 0.1) is 0 Å². The number of nitrogens with zero attached hydrogens (tertiary/aromatic N) is 1. The Bertz CT molecular complexity index is 311. The molecule has 0 radical (unpaired) electrons. The summed E-state index contributed by atoms with van der Waals surface area (Å²) in [6, 6.07) is 0. The van der Waals surface area contributed by atoms with Crippen LogP contribution in [0.4, 0.5) is 0 Å². The minimum absolute atomic E-state index is 0.0782. The van der Waals surface area contributed by atoms with Gasteiger partial charge in [-0.1, -0.05) is 12.2 Å². The second-order valence-corrected chi connectivity index (χ2v) is 6.19. The molecule has 0 rings (SSSR count). The number of aliphatic hydroxyl groups is 1. The van der Waals surface area contributed by atoms with E-state index in [1.807, 2.05) is 0 Å². The Morgan fingerprint density at radius 1 is 1.57 bits per heavy atom. The summed E-state index contributed by atoms with van der Waals surface area (Å²) >= 11 is 4.53. The summed E-state index contributed by atoms with van der Waals surface area (Å²) in [6.45, 7) is 2.97. The molecule has 0 fully saturated rings. The van der Waals surface area contributed by atoms with Crippen LogP contribution in [-0.4, -0.2) is 47.8 Å². The Hall–Kier alpha value is -0.240. The Morgan fingerprint density at radius 2 is 2.00 bits per heavy atom. The molecule has 0 unspecified atom stereocenters. The zero-order valence-corrected chi connectivity index (χ0v) is 10.2.